The van der Waals surface area contributed by atoms with Gasteiger partial charge in [0.2, 0.25) is 0 Å². The van der Waals surface area contributed by atoms with Crippen molar-refractivity contribution in [2.45, 2.75) is 6.42 Å². The molecule has 1 aromatic heterocycles. The lowest BCUT2D eigenvalue weighted by Gasteiger charge is -2.10. The predicted molar refractivity (Wildman–Crippen MR) is 100 cm³/mol. The molecular formula is C18H16Cl2FN3O3. The van der Waals surface area contributed by atoms with E-state index < -0.39 is 17.6 Å². The van der Waals surface area contributed by atoms with Crippen molar-refractivity contribution in [3.63, 3.8) is 0 Å². The average molecular weight is 412 g/mol. The Morgan fingerprint density at radius 2 is 2.00 bits per heavy atom. The normalized spacial score (nSPS) is 10.2. The first-order chi connectivity index (χ1) is 12.9. The van der Waals surface area contributed by atoms with Crippen molar-refractivity contribution in [3.05, 3.63) is 70.4 Å². The first-order valence-electron chi connectivity index (χ1n) is 7.81. The molecule has 2 aromatic rings. The van der Waals surface area contributed by atoms with Crippen LogP contribution in [0.2, 0.25) is 10.0 Å². The molecule has 0 unspecified atom stereocenters. The van der Waals surface area contributed by atoms with Gasteiger partial charge in [-0.05, 0) is 24.3 Å². The maximum Gasteiger partial charge on any atom is 0.275 e. The zero-order valence-electron chi connectivity index (χ0n) is 14.1. The van der Waals surface area contributed by atoms with Gasteiger partial charge in [0.15, 0.2) is 6.61 Å². The summed E-state index contributed by atoms with van der Waals surface area (Å²) in [4.78, 5) is 27.7. The Morgan fingerprint density at radius 3 is 2.70 bits per heavy atom. The minimum atomic E-state index is -0.630. The molecule has 0 fully saturated rings. The molecule has 9 heteroatoms. The van der Waals surface area contributed by atoms with Crippen LogP contribution in [0.25, 0.3) is 0 Å². The molecule has 0 atom stereocenters. The number of ether oxygens (including phenoxy) is 1. The summed E-state index contributed by atoms with van der Waals surface area (Å²) in [5.41, 5.74) is 0.482. The molecule has 0 aliphatic heterocycles. The van der Waals surface area contributed by atoms with Gasteiger partial charge in [0.05, 0.1) is 10.0 Å². The number of nitrogens with zero attached hydrogens (tertiary/aromatic N) is 1. The van der Waals surface area contributed by atoms with Crippen LogP contribution >= 0.6 is 23.2 Å². The molecule has 27 heavy (non-hydrogen) atoms. The van der Waals surface area contributed by atoms with E-state index in [1.807, 2.05) is 0 Å². The number of amides is 2. The molecule has 0 saturated heterocycles. The lowest BCUT2D eigenvalue weighted by molar-refractivity contribution is -0.123. The van der Waals surface area contributed by atoms with Crippen LogP contribution in [0.3, 0.4) is 0 Å². The molecule has 6 nitrogen and oxygen atoms in total. The third kappa shape index (κ3) is 6.54. The molecule has 0 radical (unpaired) electrons. The summed E-state index contributed by atoms with van der Waals surface area (Å²) in [7, 11) is 0. The molecule has 1 aromatic carbocycles. The van der Waals surface area contributed by atoms with Crippen molar-refractivity contribution in [2.24, 2.45) is 0 Å². The van der Waals surface area contributed by atoms with Gasteiger partial charge in [0.1, 0.15) is 17.3 Å². The number of halogens is 3. The van der Waals surface area contributed by atoms with Gasteiger partial charge < -0.3 is 15.4 Å². The van der Waals surface area contributed by atoms with Crippen LogP contribution in [-0.2, 0) is 4.79 Å². The maximum absolute atomic E-state index is 13.3. The topological polar surface area (TPSA) is 80.3 Å². The van der Waals surface area contributed by atoms with Gasteiger partial charge in [0.25, 0.3) is 11.8 Å². The number of hydrogen-bond acceptors (Lipinski definition) is 4. The number of pyridine rings is 1. The molecule has 0 spiro atoms. The minimum Gasteiger partial charge on any atom is -0.484 e. The highest BCUT2D eigenvalue weighted by Gasteiger charge is 2.12. The average Bonchev–Trinajstić information content (AvgIpc) is 2.63. The summed E-state index contributed by atoms with van der Waals surface area (Å²) in [6, 6.07) is 7.06. The zero-order chi connectivity index (χ0) is 19.8. The summed E-state index contributed by atoms with van der Waals surface area (Å²) in [6.07, 6.45) is 1.76. The quantitative estimate of drug-likeness (QED) is 0.697. The number of benzene rings is 1. The first kappa shape index (κ1) is 20.7. The number of aromatic nitrogens is 1. The fourth-order valence-corrected chi connectivity index (χ4v) is 2.28. The second kappa shape index (κ2) is 9.89. The molecular weight excluding hydrogens is 396 g/mol. The largest absolute Gasteiger partial charge is 0.484 e. The van der Waals surface area contributed by atoms with E-state index in [1.54, 1.807) is 12.1 Å². The fourth-order valence-electron chi connectivity index (χ4n) is 1.95. The van der Waals surface area contributed by atoms with Gasteiger partial charge in [0, 0.05) is 30.9 Å². The van der Waals surface area contributed by atoms with Gasteiger partial charge in [-0.25, -0.2) is 9.37 Å². The van der Waals surface area contributed by atoms with E-state index >= 15 is 0 Å². The molecule has 2 N–H and O–H groups in total. The van der Waals surface area contributed by atoms with Crippen LogP contribution in [0.15, 0.2) is 48.8 Å². The summed E-state index contributed by atoms with van der Waals surface area (Å²) in [6.45, 7) is 3.66. The molecule has 0 saturated carbocycles. The first-order valence-corrected chi connectivity index (χ1v) is 8.56. The highest BCUT2D eigenvalue weighted by Crippen LogP contribution is 2.20. The third-order valence-corrected chi connectivity index (χ3v) is 3.89. The molecule has 0 aliphatic rings. The van der Waals surface area contributed by atoms with Crippen molar-refractivity contribution >= 4 is 35.0 Å². The Balaban J connectivity index is 1.69. The Morgan fingerprint density at radius 1 is 1.22 bits per heavy atom. The summed E-state index contributed by atoms with van der Waals surface area (Å²) in [5.74, 6) is -1.33. The number of rotatable bonds is 8. The third-order valence-electron chi connectivity index (χ3n) is 3.27. The van der Waals surface area contributed by atoms with Crippen molar-refractivity contribution in [1.82, 2.24) is 15.6 Å². The molecule has 1 heterocycles. The predicted octanol–water partition coefficient (Wildman–Crippen LogP) is 3.36. The number of nitrogens with one attached hydrogen (secondary N) is 2. The maximum atomic E-state index is 13.3. The van der Waals surface area contributed by atoms with E-state index in [0.29, 0.717) is 12.1 Å². The monoisotopic (exact) mass is 411 g/mol. The molecule has 0 aliphatic carbocycles. The van der Waals surface area contributed by atoms with Crippen LogP contribution in [0, 0.1) is 5.82 Å². The van der Waals surface area contributed by atoms with Crippen LogP contribution in [-0.4, -0.2) is 29.9 Å². The lowest BCUT2D eigenvalue weighted by atomic mass is 10.3. The zero-order valence-corrected chi connectivity index (χ0v) is 15.6. The second-order valence-electron chi connectivity index (χ2n) is 5.36. The van der Waals surface area contributed by atoms with E-state index in [4.69, 9.17) is 27.9 Å². The summed E-state index contributed by atoms with van der Waals surface area (Å²) in [5, 5.41) is 5.36. The van der Waals surface area contributed by atoms with E-state index in [1.165, 1.54) is 18.3 Å². The second-order valence-corrected chi connectivity index (χ2v) is 6.17. The Labute approximate surface area is 165 Å². The Bertz CT molecular complexity index is 861. The van der Waals surface area contributed by atoms with E-state index in [9.17, 15) is 14.0 Å². The van der Waals surface area contributed by atoms with Crippen LogP contribution < -0.4 is 15.4 Å². The summed E-state index contributed by atoms with van der Waals surface area (Å²) < 4.78 is 18.4. The van der Waals surface area contributed by atoms with Crippen LogP contribution in [0.5, 0.6) is 5.75 Å². The van der Waals surface area contributed by atoms with Gasteiger partial charge in [-0.15, -0.1) is 0 Å². The lowest BCUT2D eigenvalue weighted by Crippen LogP contribution is -2.31. The van der Waals surface area contributed by atoms with Gasteiger partial charge >= 0.3 is 0 Å². The van der Waals surface area contributed by atoms with Crippen molar-refractivity contribution in [1.29, 1.82) is 0 Å². The molecule has 142 valence electrons. The SMILES string of the molecule is C=C(CCNC(=O)COc1ccc(Cl)c(F)c1)NC(=O)c1ncccc1Cl. The van der Waals surface area contributed by atoms with E-state index in [2.05, 4.69) is 22.2 Å². The number of carbonyl (C=O) groups is 2. The standard InChI is InChI=1S/C18H16Cl2FN3O3/c1-11(24-18(26)17-14(20)3-2-7-23-17)6-8-22-16(25)10-27-12-4-5-13(19)15(21)9-12/h2-5,7,9H,1,6,8,10H2,(H,22,25)(H,24,26). The summed E-state index contributed by atoms with van der Waals surface area (Å²) >= 11 is 11.5. The van der Waals surface area contributed by atoms with Gasteiger partial charge in [-0.2, -0.15) is 0 Å². The minimum absolute atomic E-state index is 0.0284. The highest BCUT2D eigenvalue weighted by atomic mass is 35.5. The number of carbonyl (C=O) groups excluding carboxylic acids is 2. The molecule has 0 bridgehead atoms. The van der Waals surface area contributed by atoms with Gasteiger partial charge in [-0.3, -0.25) is 9.59 Å². The van der Waals surface area contributed by atoms with Crippen LogP contribution in [0.1, 0.15) is 16.9 Å². The van der Waals surface area contributed by atoms with Crippen molar-refractivity contribution in [3.8, 4) is 5.75 Å². The Kier molecular flexibility index (Phi) is 7.57. The molecule has 2 amide bonds. The smallest absolute Gasteiger partial charge is 0.275 e. The fraction of sp³-hybridized carbons (Fsp3) is 0.167. The Hall–Kier alpha value is -2.64. The number of hydrogen-bond donors (Lipinski definition) is 2. The highest BCUT2D eigenvalue weighted by molar-refractivity contribution is 6.33. The molecule has 2 rings (SSSR count). The van der Waals surface area contributed by atoms with Crippen molar-refractivity contribution < 1.29 is 18.7 Å². The van der Waals surface area contributed by atoms with Crippen molar-refractivity contribution in [2.75, 3.05) is 13.2 Å². The van der Waals surface area contributed by atoms with Gasteiger partial charge in [-0.1, -0.05) is 29.8 Å². The van der Waals surface area contributed by atoms with E-state index in [-0.39, 0.29) is 34.6 Å². The van der Waals surface area contributed by atoms with Crippen LogP contribution in [0.4, 0.5) is 4.39 Å². The van der Waals surface area contributed by atoms with E-state index in [0.717, 1.165) is 6.07 Å².